The lowest BCUT2D eigenvalue weighted by molar-refractivity contribution is -0.941. The lowest BCUT2D eigenvalue weighted by atomic mass is 10.2. The SMILES string of the molecule is COc1ccc(S(N)(=O)=O)cc1C(=O)NCC[NH+](C(C)C)C(C)C. The molecule has 0 aliphatic rings. The fourth-order valence-corrected chi connectivity index (χ4v) is 3.24. The maximum atomic E-state index is 12.4. The number of benzene rings is 1. The highest BCUT2D eigenvalue weighted by Gasteiger charge is 2.19. The fraction of sp³-hybridized carbons (Fsp3) is 0.562. The molecule has 1 aromatic rings. The molecule has 0 aliphatic heterocycles. The number of methoxy groups -OCH3 is 1. The number of sulfonamides is 1. The van der Waals surface area contributed by atoms with Gasteiger partial charge in [-0.25, -0.2) is 13.6 Å². The number of rotatable bonds is 8. The van der Waals surface area contributed by atoms with Gasteiger partial charge in [0.05, 0.1) is 42.7 Å². The van der Waals surface area contributed by atoms with Crippen LogP contribution in [-0.2, 0) is 10.0 Å². The van der Waals surface area contributed by atoms with E-state index in [1.165, 1.54) is 30.2 Å². The van der Waals surface area contributed by atoms with Crippen molar-refractivity contribution in [1.29, 1.82) is 0 Å². The second-order valence-electron chi connectivity index (χ2n) is 6.30. The summed E-state index contributed by atoms with van der Waals surface area (Å²) in [7, 11) is -2.46. The molecule has 8 heteroatoms. The van der Waals surface area contributed by atoms with Crippen LogP contribution in [0.5, 0.6) is 5.75 Å². The maximum absolute atomic E-state index is 12.4. The van der Waals surface area contributed by atoms with Crippen LogP contribution in [0, 0.1) is 0 Å². The summed E-state index contributed by atoms with van der Waals surface area (Å²) in [5.74, 6) is -0.0824. The number of primary sulfonamides is 1. The number of amides is 1. The molecule has 0 radical (unpaired) electrons. The van der Waals surface area contributed by atoms with E-state index in [2.05, 4.69) is 33.0 Å². The standard InChI is InChI=1S/C16H27N3O4S/c1-11(2)19(12(3)4)9-8-18-16(20)14-10-13(24(17,21)22)6-7-15(14)23-5/h6-7,10-12H,8-9H2,1-5H3,(H,18,20)(H2,17,21,22)/p+1. The lowest BCUT2D eigenvalue weighted by Gasteiger charge is -2.27. The summed E-state index contributed by atoms with van der Waals surface area (Å²) in [6, 6.07) is 4.87. The van der Waals surface area contributed by atoms with Crippen LogP contribution in [0.2, 0.25) is 0 Å². The monoisotopic (exact) mass is 358 g/mol. The number of carbonyl (C=O) groups excluding carboxylic acids is 1. The molecule has 24 heavy (non-hydrogen) atoms. The molecule has 1 aromatic carbocycles. The average molecular weight is 358 g/mol. The number of hydrogen-bond donors (Lipinski definition) is 3. The van der Waals surface area contributed by atoms with E-state index in [4.69, 9.17) is 9.88 Å². The molecular weight excluding hydrogens is 330 g/mol. The van der Waals surface area contributed by atoms with Gasteiger partial charge in [0, 0.05) is 0 Å². The maximum Gasteiger partial charge on any atom is 0.255 e. The van der Waals surface area contributed by atoms with Crippen LogP contribution in [0.4, 0.5) is 0 Å². The minimum atomic E-state index is -3.88. The van der Waals surface area contributed by atoms with Crippen molar-refractivity contribution in [3.05, 3.63) is 23.8 Å². The molecule has 0 atom stereocenters. The van der Waals surface area contributed by atoms with Gasteiger partial charge in [-0.1, -0.05) is 0 Å². The molecule has 0 unspecified atom stereocenters. The van der Waals surface area contributed by atoms with Crippen molar-refractivity contribution < 1.29 is 22.8 Å². The Morgan fingerprint density at radius 2 is 1.83 bits per heavy atom. The Hall–Kier alpha value is -1.64. The predicted molar refractivity (Wildman–Crippen MR) is 92.8 cm³/mol. The molecule has 136 valence electrons. The summed E-state index contributed by atoms with van der Waals surface area (Å²) in [4.78, 5) is 13.6. The Balaban J connectivity index is 2.87. The molecule has 1 amide bonds. The number of ether oxygens (including phenoxy) is 1. The van der Waals surface area contributed by atoms with Crippen molar-refractivity contribution in [3.63, 3.8) is 0 Å². The van der Waals surface area contributed by atoms with Gasteiger partial charge in [0.25, 0.3) is 5.91 Å². The van der Waals surface area contributed by atoms with Gasteiger partial charge in [0.1, 0.15) is 5.75 Å². The van der Waals surface area contributed by atoms with Crippen LogP contribution in [-0.4, -0.2) is 46.6 Å². The quantitative estimate of drug-likeness (QED) is 0.597. The zero-order chi connectivity index (χ0) is 18.5. The Kier molecular flexibility index (Phi) is 7.19. The van der Waals surface area contributed by atoms with Gasteiger partial charge in [-0.2, -0.15) is 0 Å². The van der Waals surface area contributed by atoms with Crippen molar-refractivity contribution in [2.24, 2.45) is 5.14 Å². The molecule has 0 spiro atoms. The Morgan fingerprint density at radius 1 is 1.25 bits per heavy atom. The molecule has 1 rings (SSSR count). The predicted octanol–water partition coefficient (Wildman–Crippen LogP) is -0.226. The van der Waals surface area contributed by atoms with E-state index in [0.717, 1.165) is 6.54 Å². The smallest absolute Gasteiger partial charge is 0.255 e. The van der Waals surface area contributed by atoms with Gasteiger partial charge in [-0.05, 0) is 45.9 Å². The molecule has 0 saturated heterocycles. The van der Waals surface area contributed by atoms with Crippen LogP contribution in [0.3, 0.4) is 0 Å². The molecule has 0 heterocycles. The Labute approximate surface area is 144 Å². The Morgan fingerprint density at radius 3 is 2.29 bits per heavy atom. The first kappa shape index (κ1) is 20.4. The van der Waals surface area contributed by atoms with Crippen molar-refractivity contribution in [2.45, 2.75) is 44.7 Å². The topological polar surface area (TPSA) is 103 Å². The van der Waals surface area contributed by atoms with E-state index >= 15 is 0 Å². The van der Waals surface area contributed by atoms with E-state index in [-0.39, 0.29) is 16.4 Å². The zero-order valence-electron chi connectivity index (χ0n) is 14.9. The number of nitrogens with one attached hydrogen (secondary N) is 2. The average Bonchev–Trinajstić information content (AvgIpc) is 2.48. The van der Waals surface area contributed by atoms with Crippen molar-refractivity contribution in [1.82, 2.24) is 5.32 Å². The van der Waals surface area contributed by atoms with Crippen LogP contribution >= 0.6 is 0 Å². The van der Waals surface area contributed by atoms with Crippen LogP contribution in [0.25, 0.3) is 0 Å². The van der Waals surface area contributed by atoms with E-state index in [0.29, 0.717) is 24.4 Å². The highest BCUT2D eigenvalue weighted by atomic mass is 32.2. The normalized spacial score (nSPS) is 12.0. The number of quaternary nitrogens is 1. The van der Waals surface area contributed by atoms with Gasteiger partial charge < -0.3 is 15.0 Å². The summed E-state index contributed by atoms with van der Waals surface area (Å²) < 4.78 is 28.1. The van der Waals surface area contributed by atoms with Crippen LogP contribution < -0.4 is 20.1 Å². The molecule has 0 aliphatic carbocycles. The first-order valence-electron chi connectivity index (χ1n) is 7.92. The van der Waals surface area contributed by atoms with Crippen LogP contribution in [0.1, 0.15) is 38.1 Å². The van der Waals surface area contributed by atoms with E-state index < -0.39 is 10.0 Å². The molecule has 0 fully saturated rings. The molecular formula is C16H28N3O4S+. The van der Waals surface area contributed by atoms with E-state index in [1.54, 1.807) is 0 Å². The van der Waals surface area contributed by atoms with Gasteiger partial charge >= 0.3 is 0 Å². The summed E-state index contributed by atoms with van der Waals surface area (Å²) in [6.07, 6.45) is 0. The number of carbonyl (C=O) groups is 1. The van der Waals surface area contributed by atoms with Crippen molar-refractivity contribution >= 4 is 15.9 Å². The zero-order valence-corrected chi connectivity index (χ0v) is 15.7. The van der Waals surface area contributed by atoms with E-state index in [1.807, 2.05) is 0 Å². The molecule has 0 saturated carbocycles. The van der Waals surface area contributed by atoms with Gasteiger partial charge in [0.2, 0.25) is 10.0 Å². The third-order valence-corrected chi connectivity index (χ3v) is 4.84. The fourth-order valence-electron chi connectivity index (χ4n) is 2.70. The summed E-state index contributed by atoms with van der Waals surface area (Å²) in [5.41, 5.74) is 0.152. The molecule has 4 N–H and O–H groups in total. The molecule has 0 bridgehead atoms. The highest BCUT2D eigenvalue weighted by Crippen LogP contribution is 2.21. The first-order valence-corrected chi connectivity index (χ1v) is 9.47. The second kappa shape index (κ2) is 8.46. The summed E-state index contributed by atoms with van der Waals surface area (Å²) >= 11 is 0. The van der Waals surface area contributed by atoms with E-state index in [9.17, 15) is 13.2 Å². The van der Waals surface area contributed by atoms with Crippen molar-refractivity contribution in [2.75, 3.05) is 20.2 Å². The summed E-state index contributed by atoms with van der Waals surface area (Å²) in [6.45, 7) is 9.79. The van der Waals surface area contributed by atoms with Gasteiger partial charge in [0.15, 0.2) is 0 Å². The Bertz CT molecular complexity index is 664. The minimum absolute atomic E-state index is 0.120. The molecule has 0 aromatic heterocycles. The number of hydrogen-bond acceptors (Lipinski definition) is 4. The van der Waals surface area contributed by atoms with Crippen molar-refractivity contribution in [3.8, 4) is 5.75 Å². The first-order chi connectivity index (χ1) is 11.1. The number of nitrogens with two attached hydrogens (primary N) is 1. The molecule has 7 nitrogen and oxygen atoms in total. The third-order valence-electron chi connectivity index (χ3n) is 3.93. The largest absolute Gasteiger partial charge is 0.496 e. The summed E-state index contributed by atoms with van der Waals surface area (Å²) in [5, 5.41) is 7.94. The third kappa shape index (κ3) is 5.47. The lowest BCUT2D eigenvalue weighted by Crippen LogP contribution is -3.18. The van der Waals surface area contributed by atoms with Gasteiger partial charge in [-0.15, -0.1) is 0 Å². The van der Waals surface area contributed by atoms with Gasteiger partial charge in [-0.3, -0.25) is 4.79 Å². The second-order valence-corrected chi connectivity index (χ2v) is 7.86. The van der Waals surface area contributed by atoms with Crippen LogP contribution in [0.15, 0.2) is 23.1 Å². The highest BCUT2D eigenvalue weighted by molar-refractivity contribution is 7.89. The minimum Gasteiger partial charge on any atom is -0.496 e.